The number of esters is 1. The predicted octanol–water partition coefficient (Wildman–Crippen LogP) is 17.0. The van der Waals surface area contributed by atoms with Crippen LogP contribution in [0.4, 0.5) is 0 Å². The molecule has 9 nitrogen and oxygen atoms in total. The summed E-state index contributed by atoms with van der Waals surface area (Å²) in [5.41, 5.74) is 0. The van der Waals surface area contributed by atoms with Crippen molar-refractivity contribution in [3.63, 3.8) is 0 Å². The highest BCUT2D eigenvalue weighted by molar-refractivity contribution is 7.47. The van der Waals surface area contributed by atoms with Gasteiger partial charge in [0.05, 0.1) is 33.8 Å². The molecule has 0 aliphatic heterocycles. The summed E-state index contributed by atoms with van der Waals surface area (Å²) in [6.45, 7) is 6.77. The van der Waals surface area contributed by atoms with Crippen LogP contribution in [0.5, 0.6) is 0 Å². The zero-order valence-electron chi connectivity index (χ0n) is 46.2. The molecule has 0 bridgehead atoms. The number of amides is 1. The second kappa shape index (κ2) is 50.2. The Morgan fingerprint density at radius 2 is 0.958 bits per heavy atom. The van der Waals surface area contributed by atoms with Crippen LogP contribution in [0.2, 0.25) is 0 Å². The lowest BCUT2D eigenvalue weighted by atomic mass is 10.1. The van der Waals surface area contributed by atoms with Gasteiger partial charge in [-0.05, 0) is 83.1 Å². The maximum absolute atomic E-state index is 13.5. The Morgan fingerprint density at radius 3 is 1.51 bits per heavy atom. The quantitative estimate of drug-likeness (QED) is 0.0156. The maximum atomic E-state index is 13.5. The molecule has 0 aliphatic carbocycles. The number of allylic oxidation sites excluding steroid dienone is 17. The Balaban J connectivity index is 5.44. The standard InChI is InChI=1S/C61H105N2O7P/c1-7-10-13-16-19-22-25-27-29-31-33-35-38-41-44-47-50-53-60(64)62-58(57-69-71(66,67)68-56-55-63(4,5)6)59(52-49-46-43-40-37-24-21-18-15-12-9-3)70-61(65)54-51-48-45-42-39-36-34-32-30-28-26-23-20-17-14-11-8-2/h11,14,17,19-20,22-23,26-30,32,34,36,39,49,52,58-59H,7-10,12-13,15-16,18,21,24-25,31,33,35,37-38,40-48,50-51,53-57H2,1-6H3,(H-,62,64,66,67)/p+1/b14-11-,20-17+,22-19-,26-23+,29-27-,30-28-,34-32+,39-36+,52-49+. The van der Waals surface area contributed by atoms with Crippen molar-refractivity contribution in [2.75, 3.05) is 40.9 Å². The van der Waals surface area contributed by atoms with Crippen LogP contribution in [-0.4, -0.2) is 74.3 Å². The molecule has 0 saturated heterocycles. The summed E-state index contributed by atoms with van der Waals surface area (Å²) in [5.74, 6) is -0.575. The van der Waals surface area contributed by atoms with Gasteiger partial charge in [0.1, 0.15) is 19.3 Å². The van der Waals surface area contributed by atoms with Crippen molar-refractivity contribution in [2.45, 2.75) is 226 Å². The molecule has 2 N–H and O–H groups in total. The summed E-state index contributed by atoms with van der Waals surface area (Å²) in [6, 6.07) is -0.877. The highest BCUT2D eigenvalue weighted by atomic mass is 31.2. The van der Waals surface area contributed by atoms with E-state index in [2.05, 4.69) is 62.5 Å². The van der Waals surface area contributed by atoms with Crippen molar-refractivity contribution in [3.05, 3.63) is 109 Å². The van der Waals surface area contributed by atoms with Crippen LogP contribution in [0.15, 0.2) is 109 Å². The van der Waals surface area contributed by atoms with Gasteiger partial charge < -0.3 is 19.4 Å². The van der Waals surface area contributed by atoms with Crippen LogP contribution < -0.4 is 5.32 Å². The van der Waals surface area contributed by atoms with Crippen molar-refractivity contribution in [2.24, 2.45) is 0 Å². The first-order valence-electron chi connectivity index (χ1n) is 28.3. The van der Waals surface area contributed by atoms with Crippen LogP contribution in [0.25, 0.3) is 0 Å². The number of phosphoric acid groups is 1. The Hall–Kier alpha value is -3.33. The highest BCUT2D eigenvalue weighted by Crippen LogP contribution is 2.43. The fourth-order valence-corrected chi connectivity index (χ4v) is 8.21. The third-order valence-corrected chi connectivity index (χ3v) is 12.8. The van der Waals surface area contributed by atoms with Crippen LogP contribution >= 0.6 is 7.82 Å². The maximum Gasteiger partial charge on any atom is 0.472 e. The van der Waals surface area contributed by atoms with Crippen molar-refractivity contribution in [1.82, 2.24) is 5.32 Å². The molecular weight excluding hydrogens is 904 g/mol. The lowest BCUT2D eigenvalue weighted by molar-refractivity contribution is -0.870. The van der Waals surface area contributed by atoms with E-state index >= 15 is 0 Å². The van der Waals surface area contributed by atoms with Crippen LogP contribution in [0.3, 0.4) is 0 Å². The number of hydrogen-bond acceptors (Lipinski definition) is 6. The van der Waals surface area contributed by atoms with Crippen molar-refractivity contribution in [1.29, 1.82) is 0 Å². The molecule has 71 heavy (non-hydrogen) atoms. The first-order chi connectivity index (χ1) is 34.4. The lowest BCUT2D eigenvalue weighted by Gasteiger charge is -2.27. The number of nitrogens with zero attached hydrogens (tertiary/aromatic N) is 1. The molecule has 3 unspecified atom stereocenters. The van der Waals surface area contributed by atoms with E-state index in [4.69, 9.17) is 13.8 Å². The van der Waals surface area contributed by atoms with E-state index in [1.54, 1.807) is 0 Å². The molecule has 0 fully saturated rings. The number of phosphoric ester groups is 1. The molecule has 0 aromatic heterocycles. The fraction of sp³-hybridized carbons (Fsp3) is 0.672. The van der Waals surface area contributed by atoms with E-state index in [-0.39, 0.29) is 31.5 Å². The first-order valence-corrected chi connectivity index (χ1v) is 29.8. The second-order valence-electron chi connectivity index (χ2n) is 19.9. The Labute approximate surface area is 436 Å². The van der Waals surface area contributed by atoms with E-state index in [9.17, 15) is 19.0 Å². The molecule has 1 amide bonds. The first kappa shape index (κ1) is 67.7. The zero-order valence-corrected chi connectivity index (χ0v) is 47.1. The molecule has 3 atom stereocenters. The smallest absolute Gasteiger partial charge is 0.456 e. The second-order valence-corrected chi connectivity index (χ2v) is 21.3. The molecule has 0 heterocycles. The minimum Gasteiger partial charge on any atom is -0.456 e. The third-order valence-electron chi connectivity index (χ3n) is 11.9. The van der Waals surface area contributed by atoms with Crippen LogP contribution in [0.1, 0.15) is 213 Å². The Bertz CT molecular complexity index is 1580. The van der Waals surface area contributed by atoms with E-state index < -0.39 is 20.0 Å². The van der Waals surface area contributed by atoms with Crippen LogP contribution in [-0.2, 0) is 27.9 Å². The van der Waals surface area contributed by atoms with Gasteiger partial charge in [0.25, 0.3) is 0 Å². The molecular formula is C61H106N2O7P+. The van der Waals surface area contributed by atoms with E-state index in [1.165, 1.54) is 89.9 Å². The van der Waals surface area contributed by atoms with Crippen molar-refractivity contribution < 1.29 is 37.3 Å². The zero-order chi connectivity index (χ0) is 52.2. The minimum absolute atomic E-state index is 0.0250. The topological polar surface area (TPSA) is 111 Å². The van der Waals surface area contributed by atoms with Gasteiger partial charge >= 0.3 is 13.8 Å². The van der Waals surface area contributed by atoms with Gasteiger partial charge in [-0.25, -0.2) is 4.57 Å². The van der Waals surface area contributed by atoms with Crippen LogP contribution in [0, 0.1) is 0 Å². The van der Waals surface area contributed by atoms with E-state index in [0.29, 0.717) is 23.9 Å². The van der Waals surface area contributed by atoms with Gasteiger partial charge in [-0.3, -0.25) is 18.6 Å². The molecule has 10 heteroatoms. The monoisotopic (exact) mass is 1010 g/mol. The summed E-state index contributed by atoms with van der Waals surface area (Å²) in [5, 5.41) is 3.03. The molecule has 0 spiro atoms. The van der Waals surface area contributed by atoms with Gasteiger partial charge in [-0.2, -0.15) is 0 Å². The summed E-state index contributed by atoms with van der Waals surface area (Å²) >= 11 is 0. The molecule has 406 valence electrons. The number of likely N-dealkylation sites (N-methyl/N-ethyl adjacent to an activating group) is 1. The highest BCUT2D eigenvalue weighted by Gasteiger charge is 2.30. The summed E-state index contributed by atoms with van der Waals surface area (Å²) in [7, 11) is 1.45. The van der Waals surface area contributed by atoms with E-state index in [1.807, 2.05) is 94.1 Å². The summed E-state index contributed by atoms with van der Waals surface area (Å²) < 4.78 is 30.5. The lowest BCUT2D eigenvalue weighted by Crippen LogP contribution is -2.47. The van der Waals surface area contributed by atoms with Gasteiger partial charge in [-0.1, -0.05) is 227 Å². The third kappa shape index (κ3) is 51.4. The number of rotatable bonds is 49. The minimum atomic E-state index is -4.46. The largest absolute Gasteiger partial charge is 0.472 e. The van der Waals surface area contributed by atoms with Crippen molar-refractivity contribution in [3.8, 4) is 0 Å². The number of quaternary nitrogens is 1. The molecule has 0 saturated carbocycles. The summed E-state index contributed by atoms with van der Waals surface area (Å²) in [6.07, 6.45) is 67.9. The Kier molecular flexibility index (Phi) is 47.9. The fourth-order valence-electron chi connectivity index (χ4n) is 7.47. The van der Waals surface area contributed by atoms with E-state index in [0.717, 1.165) is 83.5 Å². The number of carbonyl (C=O) groups excluding carboxylic acids is 2. The number of nitrogens with one attached hydrogen (secondary N) is 1. The molecule has 0 aliphatic rings. The van der Waals surface area contributed by atoms with Gasteiger partial charge in [-0.15, -0.1) is 0 Å². The molecule has 0 aromatic carbocycles. The molecule has 0 rings (SSSR count). The molecule has 0 radical (unpaired) electrons. The average Bonchev–Trinajstić information content (AvgIpc) is 3.33. The molecule has 0 aromatic rings. The van der Waals surface area contributed by atoms with Crippen molar-refractivity contribution >= 4 is 19.7 Å². The number of hydrogen-bond donors (Lipinski definition) is 2. The summed E-state index contributed by atoms with van der Waals surface area (Å²) in [4.78, 5) is 37.6. The van der Waals surface area contributed by atoms with Gasteiger partial charge in [0.2, 0.25) is 5.91 Å². The van der Waals surface area contributed by atoms with Gasteiger partial charge in [0, 0.05) is 12.8 Å². The Morgan fingerprint density at radius 1 is 0.521 bits per heavy atom. The van der Waals surface area contributed by atoms with Gasteiger partial charge in [0.15, 0.2) is 0 Å². The predicted molar refractivity (Wildman–Crippen MR) is 304 cm³/mol. The SMILES string of the molecule is CC\C=C/C=C/C=C/C=C\C=C\C=C\CCCCCC(=O)OC(/C=C/CCCCCCCCCCC)C(COP(=O)(O)OCC[N+](C)(C)C)NC(=O)CCCCCCCCC/C=C\C/C=C\CCCCC. The normalized spacial score (nSPS) is 14.6. The number of unbranched alkanes of at least 4 members (excludes halogenated alkanes) is 22. The number of carbonyl (C=O) groups is 2. The average molecular weight is 1010 g/mol. The number of ether oxygens (including phenoxy) is 1.